The molecule has 3 heteroatoms. The number of ether oxygens (including phenoxy) is 1. The molecule has 114 valence electrons. The SMILES string of the molecule is Cc1cc(C=CC(=O)O)cc(C)c1OC1CCCC(C)C1. The minimum absolute atomic E-state index is 0.312. The number of hydrogen-bond acceptors (Lipinski definition) is 2. The summed E-state index contributed by atoms with van der Waals surface area (Å²) in [6.07, 6.45) is 7.89. The number of rotatable bonds is 4. The second-order valence-corrected chi connectivity index (χ2v) is 6.17. The van der Waals surface area contributed by atoms with Crippen LogP contribution in [-0.4, -0.2) is 17.2 Å². The molecule has 2 rings (SSSR count). The van der Waals surface area contributed by atoms with Crippen LogP contribution in [0.4, 0.5) is 0 Å². The van der Waals surface area contributed by atoms with Crippen LogP contribution < -0.4 is 4.74 Å². The third-order valence-electron chi connectivity index (χ3n) is 4.07. The van der Waals surface area contributed by atoms with Gasteiger partial charge < -0.3 is 9.84 Å². The second kappa shape index (κ2) is 6.79. The first-order valence-corrected chi connectivity index (χ1v) is 7.64. The maximum absolute atomic E-state index is 10.6. The Kier molecular flexibility index (Phi) is 5.05. The van der Waals surface area contributed by atoms with Gasteiger partial charge in [0.1, 0.15) is 5.75 Å². The van der Waals surface area contributed by atoms with Gasteiger partial charge in [0.05, 0.1) is 6.10 Å². The summed E-state index contributed by atoms with van der Waals surface area (Å²) >= 11 is 0. The van der Waals surface area contributed by atoms with E-state index in [2.05, 4.69) is 6.92 Å². The van der Waals surface area contributed by atoms with Gasteiger partial charge in [0.15, 0.2) is 0 Å². The van der Waals surface area contributed by atoms with Crippen LogP contribution in [0.5, 0.6) is 5.75 Å². The molecule has 1 aromatic carbocycles. The molecular weight excluding hydrogens is 264 g/mol. The highest BCUT2D eigenvalue weighted by atomic mass is 16.5. The first-order valence-electron chi connectivity index (χ1n) is 7.64. The molecule has 1 saturated carbocycles. The van der Waals surface area contributed by atoms with Crippen molar-refractivity contribution in [3.8, 4) is 5.75 Å². The number of benzene rings is 1. The summed E-state index contributed by atoms with van der Waals surface area (Å²) in [6, 6.07) is 3.96. The minimum Gasteiger partial charge on any atom is -0.490 e. The van der Waals surface area contributed by atoms with Gasteiger partial charge in [-0.05, 0) is 73.9 Å². The molecule has 2 atom stereocenters. The van der Waals surface area contributed by atoms with Crippen molar-refractivity contribution in [2.75, 3.05) is 0 Å². The molecule has 0 amide bonds. The third kappa shape index (κ3) is 4.35. The van der Waals surface area contributed by atoms with E-state index in [1.165, 1.54) is 12.8 Å². The van der Waals surface area contributed by atoms with Crippen molar-refractivity contribution in [1.82, 2.24) is 0 Å². The zero-order valence-corrected chi connectivity index (χ0v) is 13.1. The maximum Gasteiger partial charge on any atom is 0.328 e. The first kappa shape index (κ1) is 15.6. The maximum atomic E-state index is 10.6. The van der Waals surface area contributed by atoms with Gasteiger partial charge in [0, 0.05) is 6.08 Å². The zero-order valence-electron chi connectivity index (χ0n) is 13.1. The number of aliphatic carboxylic acids is 1. The van der Waals surface area contributed by atoms with Crippen molar-refractivity contribution in [3.05, 3.63) is 34.9 Å². The lowest BCUT2D eigenvalue weighted by atomic mass is 9.88. The number of carboxylic acids is 1. The van der Waals surface area contributed by atoms with E-state index in [0.29, 0.717) is 6.10 Å². The second-order valence-electron chi connectivity index (χ2n) is 6.17. The van der Waals surface area contributed by atoms with E-state index in [-0.39, 0.29) is 0 Å². The van der Waals surface area contributed by atoms with Crippen molar-refractivity contribution < 1.29 is 14.6 Å². The van der Waals surface area contributed by atoms with Crippen LogP contribution in [0.25, 0.3) is 6.08 Å². The van der Waals surface area contributed by atoms with E-state index in [1.807, 2.05) is 26.0 Å². The van der Waals surface area contributed by atoms with Gasteiger partial charge in [0.2, 0.25) is 0 Å². The molecule has 0 radical (unpaired) electrons. The van der Waals surface area contributed by atoms with E-state index in [1.54, 1.807) is 6.08 Å². The van der Waals surface area contributed by atoms with Crippen LogP contribution in [0.15, 0.2) is 18.2 Å². The van der Waals surface area contributed by atoms with E-state index >= 15 is 0 Å². The zero-order chi connectivity index (χ0) is 15.4. The Bertz CT molecular complexity index is 522. The van der Waals surface area contributed by atoms with Crippen LogP contribution in [-0.2, 0) is 4.79 Å². The van der Waals surface area contributed by atoms with Crippen LogP contribution in [0.3, 0.4) is 0 Å². The van der Waals surface area contributed by atoms with E-state index < -0.39 is 5.97 Å². The lowest BCUT2D eigenvalue weighted by Crippen LogP contribution is -2.24. The van der Waals surface area contributed by atoms with Crippen molar-refractivity contribution in [2.24, 2.45) is 5.92 Å². The molecule has 0 spiro atoms. The Labute approximate surface area is 126 Å². The molecular formula is C18H24O3. The lowest BCUT2D eigenvalue weighted by molar-refractivity contribution is -0.131. The summed E-state index contributed by atoms with van der Waals surface area (Å²) in [7, 11) is 0. The van der Waals surface area contributed by atoms with Gasteiger partial charge in [0.25, 0.3) is 0 Å². The predicted octanol–water partition coefficient (Wildman–Crippen LogP) is 4.36. The molecule has 1 aromatic rings. The van der Waals surface area contributed by atoms with Gasteiger partial charge in [-0.25, -0.2) is 4.79 Å². The molecule has 0 aromatic heterocycles. The van der Waals surface area contributed by atoms with Crippen LogP contribution >= 0.6 is 0 Å². The Balaban J connectivity index is 2.15. The molecule has 2 unspecified atom stereocenters. The Hall–Kier alpha value is -1.77. The molecule has 0 saturated heterocycles. The van der Waals surface area contributed by atoms with Crippen molar-refractivity contribution in [2.45, 2.75) is 52.6 Å². The number of aryl methyl sites for hydroxylation is 2. The minimum atomic E-state index is -0.929. The molecule has 0 bridgehead atoms. The first-order chi connectivity index (χ1) is 9.95. The molecule has 1 aliphatic rings. The molecule has 1 N–H and O–H groups in total. The summed E-state index contributed by atoms with van der Waals surface area (Å²) in [5, 5.41) is 8.70. The molecule has 0 aliphatic heterocycles. The van der Waals surface area contributed by atoms with Crippen molar-refractivity contribution in [3.63, 3.8) is 0 Å². The van der Waals surface area contributed by atoms with E-state index in [4.69, 9.17) is 9.84 Å². The number of carbonyl (C=O) groups is 1. The number of carboxylic acid groups (broad SMARTS) is 1. The largest absolute Gasteiger partial charge is 0.490 e. The molecule has 3 nitrogen and oxygen atoms in total. The fourth-order valence-electron chi connectivity index (χ4n) is 3.09. The van der Waals surface area contributed by atoms with Gasteiger partial charge in [-0.1, -0.05) is 13.3 Å². The summed E-state index contributed by atoms with van der Waals surface area (Å²) < 4.78 is 6.23. The summed E-state index contributed by atoms with van der Waals surface area (Å²) in [5.74, 6) is 0.769. The van der Waals surface area contributed by atoms with E-state index in [9.17, 15) is 4.79 Å². The average molecular weight is 288 g/mol. The Morgan fingerprint density at radius 2 is 1.95 bits per heavy atom. The Morgan fingerprint density at radius 3 is 2.52 bits per heavy atom. The fourth-order valence-corrected chi connectivity index (χ4v) is 3.09. The highest BCUT2D eigenvalue weighted by Crippen LogP contribution is 2.31. The van der Waals surface area contributed by atoms with Crippen LogP contribution in [0, 0.1) is 19.8 Å². The Morgan fingerprint density at radius 1 is 1.29 bits per heavy atom. The van der Waals surface area contributed by atoms with Crippen molar-refractivity contribution >= 4 is 12.0 Å². The van der Waals surface area contributed by atoms with Gasteiger partial charge in [-0.15, -0.1) is 0 Å². The van der Waals surface area contributed by atoms with Crippen LogP contribution in [0.2, 0.25) is 0 Å². The van der Waals surface area contributed by atoms with Gasteiger partial charge >= 0.3 is 5.97 Å². The predicted molar refractivity (Wildman–Crippen MR) is 84.6 cm³/mol. The third-order valence-corrected chi connectivity index (χ3v) is 4.07. The quantitative estimate of drug-likeness (QED) is 0.837. The van der Waals surface area contributed by atoms with Crippen molar-refractivity contribution in [1.29, 1.82) is 0 Å². The molecule has 1 fully saturated rings. The van der Waals surface area contributed by atoms with Gasteiger partial charge in [-0.3, -0.25) is 0 Å². The summed E-state index contributed by atoms with van der Waals surface area (Å²) in [5.41, 5.74) is 3.04. The highest BCUT2D eigenvalue weighted by Gasteiger charge is 2.21. The average Bonchev–Trinajstić information content (AvgIpc) is 2.40. The van der Waals surface area contributed by atoms with Crippen LogP contribution in [0.1, 0.15) is 49.3 Å². The standard InChI is InChI=1S/C18H24O3/c1-12-5-4-6-16(9-12)21-18-13(2)10-15(11-14(18)3)7-8-17(19)20/h7-8,10-12,16H,4-6,9H2,1-3H3,(H,19,20). The lowest BCUT2D eigenvalue weighted by Gasteiger charge is -2.28. The summed E-state index contributed by atoms with van der Waals surface area (Å²) in [4.78, 5) is 10.6. The fraction of sp³-hybridized carbons (Fsp3) is 0.500. The molecule has 1 aliphatic carbocycles. The van der Waals surface area contributed by atoms with Gasteiger partial charge in [-0.2, -0.15) is 0 Å². The van der Waals surface area contributed by atoms with E-state index in [0.717, 1.165) is 47.3 Å². The topological polar surface area (TPSA) is 46.5 Å². The normalized spacial score (nSPS) is 22.4. The smallest absolute Gasteiger partial charge is 0.328 e. The summed E-state index contributed by atoms with van der Waals surface area (Å²) in [6.45, 7) is 6.33. The molecule has 21 heavy (non-hydrogen) atoms. The highest BCUT2D eigenvalue weighted by molar-refractivity contribution is 5.85. The monoisotopic (exact) mass is 288 g/mol. The number of hydrogen-bond donors (Lipinski definition) is 1. The molecule has 0 heterocycles.